The van der Waals surface area contributed by atoms with E-state index in [9.17, 15) is 22.8 Å². The summed E-state index contributed by atoms with van der Waals surface area (Å²) in [6.45, 7) is 2.55. The van der Waals surface area contributed by atoms with Gasteiger partial charge in [0.2, 0.25) is 5.91 Å². The number of benzene rings is 1. The second kappa shape index (κ2) is 5.40. The summed E-state index contributed by atoms with van der Waals surface area (Å²) in [7, 11) is 0. The molecule has 1 atom stereocenters. The van der Waals surface area contributed by atoms with Crippen molar-refractivity contribution in [3.05, 3.63) is 29.3 Å². The molecule has 4 nitrogen and oxygen atoms in total. The van der Waals surface area contributed by atoms with Crippen LogP contribution in [0.2, 0.25) is 0 Å². The van der Waals surface area contributed by atoms with Crippen LogP contribution < -0.4 is 11.1 Å². The van der Waals surface area contributed by atoms with Crippen molar-refractivity contribution >= 4 is 17.4 Å². The van der Waals surface area contributed by atoms with E-state index in [0.717, 1.165) is 12.1 Å². The van der Waals surface area contributed by atoms with Crippen molar-refractivity contribution in [2.75, 3.05) is 5.32 Å². The van der Waals surface area contributed by atoms with Gasteiger partial charge in [-0.25, -0.2) is 0 Å². The van der Waals surface area contributed by atoms with E-state index in [-0.39, 0.29) is 11.3 Å². The molecular formula is C12H13F3N2O2. The summed E-state index contributed by atoms with van der Waals surface area (Å²) in [6, 6.07) is 1.57. The Morgan fingerprint density at radius 1 is 1.32 bits per heavy atom. The minimum atomic E-state index is -4.57. The third-order valence-corrected chi connectivity index (χ3v) is 2.34. The minimum absolute atomic E-state index is 0.0165. The van der Waals surface area contributed by atoms with Gasteiger partial charge in [-0.2, -0.15) is 13.2 Å². The van der Waals surface area contributed by atoms with Gasteiger partial charge in [-0.15, -0.1) is 0 Å². The lowest BCUT2D eigenvalue weighted by atomic mass is 10.0. The SMILES string of the molecule is CC(=O)Nc1ccc(C(F)(F)F)cc1C(=O)C(C)N. The zero-order valence-corrected chi connectivity index (χ0v) is 10.3. The molecule has 1 rings (SSSR count). The lowest BCUT2D eigenvalue weighted by Crippen LogP contribution is -2.28. The third-order valence-electron chi connectivity index (χ3n) is 2.34. The number of nitrogens with two attached hydrogens (primary N) is 1. The Hall–Kier alpha value is -1.89. The van der Waals surface area contributed by atoms with E-state index >= 15 is 0 Å². The number of halogens is 3. The molecule has 3 N–H and O–H groups in total. The van der Waals surface area contributed by atoms with Gasteiger partial charge in [-0.1, -0.05) is 0 Å². The fourth-order valence-corrected chi connectivity index (χ4v) is 1.47. The number of anilines is 1. The Bertz CT molecular complexity index is 510. The zero-order valence-electron chi connectivity index (χ0n) is 10.3. The van der Waals surface area contributed by atoms with Crippen molar-refractivity contribution in [1.29, 1.82) is 0 Å². The van der Waals surface area contributed by atoms with Gasteiger partial charge in [0, 0.05) is 12.5 Å². The molecule has 0 radical (unpaired) electrons. The molecule has 1 aromatic rings. The lowest BCUT2D eigenvalue weighted by molar-refractivity contribution is -0.137. The summed E-state index contributed by atoms with van der Waals surface area (Å²) in [6.07, 6.45) is -4.57. The standard InChI is InChI=1S/C12H13F3N2O2/c1-6(16)11(19)9-5-8(12(13,14)15)3-4-10(9)17-7(2)18/h3-6H,16H2,1-2H3,(H,17,18). The first-order valence-corrected chi connectivity index (χ1v) is 5.41. The topological polar surface area (TPSA) is 72.2 Å². The van der Waals surface area contributed by atoms with Crippen molar-refractivity contribution in [3.8, 4) is 0 Å². The molecule has 0 fully saturated rings. The average Bonchev–Trinajstić information content (AvgIpc) is 2.26. The Morgan fingerprint density at radius 2 is 1.89 bits per heavy atom. The van der Waals surface area contributed by atoms with Crippen LogP contribution in [0.15, 0.2) is 18.2 Å². The van der Waals surface area contributed by atoms with Crippen molar-refractivity contribution in [1.82, 2.24) is 0 Å². The number of ketones is 1. The molecule has 0 aliphatic carbocycles. The highest BCUT2D eigenvalue weighted by atomic mass is 19.4. The number of Topliss-reactive ketones (excluding diaryl/α,β-unsaturated/α-hetero) is 1. The second-order valence-electron chi connectivity index (χ2n) is 4.09. The molecule has 1 aromatic carbocycles. The maximum absolute atomic E-state index is 12.6. The first-order valence-electron chi connectivity index (χ1n) is 5.41. The molecule has 0 bridgehead atoms. The van der Waals surface area contributed by atoms with E-state index in [1.54, 1.807) is 0 Å². The van der Waals surface area contributed by atoms with Crippen molar-refractivity contribution < 1.29 is 22.8 Å². The minimum Gasteiger partial charge on any atom is -0.326 e. The molecule has 1 amide bonds. The van der Waals surface area contributed by atoms with Crippen LogP contribution in [0.5, 0.6) is 0 Å². The van der Waals surface area contributed by atoms with Gasteiger partial charge >= 0.3 is 6.18 Å². The highest BCUT2D eigenvalue weighted by Gasteiger charge is 2.32. The third kappa shape index (κ3) is 3.78. The van der Waals surface area contributed by atoms with Crippen LogP contribution >= 0.6 is 0 Å². The molecule has 0 heterocycles. The molecule has 0 spiro atoms. The molecular weight excluding hydrogens is 261 g/mol. The number of alkyl halides is 3. The number of nitrogens with one attached hydrogen (secondary N) is 1. The molecule has 0 saturated heterocycles. The van der Waals surface area contributed by atoms with E-state index < -0.39 is 29.5 Å². The van der Waals surface area contributed by atoms with E-state index in [1.807, 2.05) is 0 Å². The van der Waals surface area contributed by atoms with Crippen LogP contribution in [0.3, 0.4) is 0 Å². The Kier molecular flexibility index (Phi) is 4.31. The first-order chi connectivity index (χ1) is 8.62. The number of hydrogen-bond acceptors (Lipinski definition) is 3. The molecule has 7 heteroatoms. The summed E-state index contributed by atoms with van der Waals surface area (Å²) >= 11 is 0. The van der Waals surface area contributed by atoms with Gasteiger partial charge in [0.15, 0.2) is 5.78 Å². The number of rotatable bonds is 3. The summed E-state index contributed by atoms with van der Waals surface area (Å²) in [5.74, 6) is -1.16. The average molecular weight is 274 g/mol. The highest BCUT2D eigenvalue weighted by molar-refractivity contribution is 6.07. The number of hydrogen-bond donors (Lipinski definition) is 2. The quantitative estimate of drug-likeness (QED) is 0.830. The lowest BCUT2D eigenvalue weighted by Gasteiger charge is -2.14. The molecule has 0 aromatic heterocycles. The monoisotopic (exact) mass is 274 g/mol. The maximum atomic E-state index is 12.6. The van der Waals surface area contributed by atoms with E-state index in [2.05, 4.69) is 5.32 Å². The van der Waals surface area contributed by atoms with Crippen LogP contribution in [-0.4, -0.2) is 17.7 Å². The van der Waals surface area contributed by atoms with Crippen LogP contribution in [0.25, 0.3) is 0 Å². The first kappa shape index (κ1) is 15.2. The van der Waals surface area contributed by atoms with E-state index in [0.29, 0.717) is 6.07 Å². The molecule has 104 valence electrons. The summed E-state index contributed by atoms with van der Waals surface area (Å²) in [4.78, 5) is 22.7. The van der Waals surface area contributed by atoms with Gasteiger partial charge in [0.05, 0.1) is 17.3 Å². The summed E-state index contributed by atoms with van der Waals surface area (Å²) < 4.78 is 37.8. The van der Waals surface area contributed by atoms with E-state index in [1.165, 1.54) is 13.8 Å². The van der Waals surface area contributed by atoms with Crippen molar-refractivity contribution in [2.24, 2.45) is 5.73 Å². The van der Waals surface area contributed by atoms with Gasteiger partial charge in [0.25, 0.3) is 0 Å². The Morgan fingerprint density at radius 3 is 2.32 bits per heavy atom. The van der Waals surface area contributed by atoms with Crippen LogP contribution in [-0.2, 0) is 11.0 Å². The highest BCUT2D eigenvalue weighted by Crippen LogP contribution is 2.32. The largest absolute Gasteiger partial charge is 0.416 e. The van der Waals surface area contributed by atoms with Crippen LogP contribution in [0.1, 0.15) is 29.8 Å². The Balaban J connectivity index is 3.34. The molecule has 0 aliphatic heterocycles. The molecule has 19 heavy (non-hydrogen) atoms. The Labute approximate surface area is 107 Å². The fourth-order valence-electron chi connectivity index (χ4n) is 1.47. The maximum Gasteiger partial charge on any atom is 0.416 e. The zero-order chi connectivity index (χ0) is 14.8. The molecule has 1 unspecified atom stereocenters. The predicted octanol–water partition coefficient (Wildman–Crippen LogP) is 2.19. The van der Waals surface area contributed by atoms with Gasteiger partial charge in [-0.3, -0.25) is 9.59 Å². The van der Waals surface area contributed by atoms with Crippen molar-refractivity contribution in [3.63, 3.8) is 0 Å². The predicted molar refractivity (Wildman–Crippen MR) is 63.7 cm³/mol. The summed E-state index contributed by atoms with van der Waals surface area (Å²) in [5.41, 5.74) is 4.18. The smallest absolute Gasteiger partial charge is 0.326 e. The van der Waals surface area contributed by atoms with Crippen molar-refractivity contribution in [2.45, 2.75) is 26.1 Å². The summed E-state index contributed by atoms with van der Waals surface area (Å²) in [5, 5.41) is 2.31. The second-order valence-corrected chi connectivity index (χ2v) is 4.09. The van der Waals surface area contributed by atoms with E-state index in [4.69, 9.17) is 5.73 Å². The fraction of sp³-hybridized carbons (Fsp3) is 0.333. The van der Waals surface area contributed by atoms with Crippen LogP contribution in [0.4, 0.5) is 18.9 Å². The number of carbonyl (C=O) groups is 2. The molecule has 0 saturated carbocycles. The molecule has 0 aliphatic rings. The van der Waals surface area contributed by atoms with Gasteiger partial charge < -0.3 is 11.1 Å². The normalized spacial score (nSPS) is 12.9. The van der Waals surface area contributed by atoms with Gasteiger partial charge in [-0.05, 0) is 25.1 Å². The van der Waals surface area contributed by atoms with Crippen LogP contribution in [0, 0.1) is 0 Å². The van der Waals surface area contributed by atoms with Gasteiger partial charge in [0.1, 0.15) is 0 Å². The number of amides is 1. The number of carbonyl (C=O) groups excluding carboxylic acids is 2.